The summed E-state index contributed by atoms with van der Waals surface area (Å²) in [6.45, 7) is 6.64. The summed E-state index contributed by atoms with van der Waals surface area (Å²) in [6, 6.07) is 3.32. The van der Waals surface area contributed by atoms with Crippen molar-refractivity contribution in [2.24, 2.45) is 7.05 Å². The van der Waals surface area contributed by atoms with Gasteiger partial charge in [-0.15, -0.1) is 0 Å². The van der Waals surface area contributed by atoms with Gasteiger partial charge in [0.2, 0.25) is 5.91 Å². The number of carbonyl (C=O) groups excluding carboxylic acids is 2. The lowest BCUT2D eigenvalue weighted by Crippen LogP contribution is -2.42. The summed E-state index contributed by atoms with van der Waals surface area (Å²) in [5, 5.41) is 10.3. The molecule has 1 fully saturated rings. The highest BCUT2D eigenvalue weighted by Gasteiger charge is 2.37. The first-order chi connectivity index (χ1) is 13.0. The zero-order chi connectivity index (χ0) is 19.4. The Kier molecular flexibility index (Phi) is 5.95. The molecule has 0 bridgehead atoms. The number of hydrogen-bond acceptors (Lipinski definition) is 4. The molecule has 8 nitrogen and oxygen atoms in total. The number of amides is 2. The summed E-state index contributed by atoms with van der Waals surface area (Å²) in [7, 11) is 1.85. The Morgan fingerprint density at radius 3 is 2.78 bits per heavy atom. The summed E-state index contributed by atoms with van der Waals surface area (Å²) in [5.41, 5.74) is 1.69. The van der Waals surface area contributed by atoms with Gasteiger partial charge in [0.1, 0.15) is 5.69 Å². The summed E-state index contributed by atoms with van der Waals surface area (Å²) in [4.78, 5) is 27.2. The van der Waals surface area contributed by atoms with E-state index in [0.717, 1.165) is 12.1 Å². The van der Waals surface area contributed by atoms with Gasteiger partial charge in [-0.3, -0.25) is 19.2 Å². The Labute approximate surface area is 159 Å². The van der Waals surface area contributed by atoms with E-state index < -0.39 is 0 Å². The van der Waals surface area contributed by atoms with Crippen LogP contribution in [0.2, 0.25) is 0 Å². The number of likely N-dealkylation sites (N-methyl/N-ethyl adjacent to an activating group) is 1. The third kappa shape index (κ3) is 4.39. The second-order valence-corrected chi connectivity index (χ2v) is 6.95. The number of carbonyl (C=O) groups is 2. The molecule has 0 saturated carbocycles. The summed E-state index contributed by atoms with van der Waals surface area (Å²) in [5.74, 6) is -0.0983. The number of hydrogen-bond donors (Lipinski definition) is 2. The van der Waals surface area contributed by atoms with Gasteiger partial charge in [0.25, 0.3) is 5.91 Å². The van der Waals surface area contributed by atoms with Gasteiger partial charge in [0.05, 0.1) is 12.2 Å². The molecule has 2 amide bonds. The molecule has 1 aliphatic rings. The minimum absolute atomic E-state index is 0.0102. The quantitative estimate of drug-likeness (QED) is 0.751. The van der Waals surface area contributed by atoms with Crippen molar-refractivity contribution in [3.63, 3.8) is 0 Å². The molecular formula is C19H28N6O2. The number of nitrogens with one attached hydrogen (secondary N) is 2. The molecule has 3 rings (SSSR count). The van der Waals surface area contributed by atoms with Gasteiger partial charge in [-0.1, -0.05) is 0 Å². The fraction of sp³-hybridized carbons (Fsp3) is 0.526. The molecule has 0 aliphatic carbocycles. The van der Waals surface area contributed by atoms with Crippen LogP contribution in [0.3, 0.4) is 0 Å². The van der Waals surface area contributed by atoms with E-state index in [1.165, 1.54) is 0 Å². The molecule has 1 saturated heterocycles. The van der Waals surface area contributed by atoms with Crippen molar-refractivity contribution in [3.8, 4) is 0 Å². The van der Waals surface area contributed by atoms with Crippen LogP contribution in [0.25, 0.3) is 0 Å². The van der Waals surface area contributed by atoms with Crippen molar-refractivity contribution < 1.29 is 9.59 Å². The monoisotopic (exact) mass is 372 g/mol. The number of aryl methyl sites for hydroxylation is 2. The second kappa shape index (κ2) is 8.39. The largest absolute Gasteiger partial charge is 0.355 e. The molecule has 146 valence electrons. The topological polar surface area (TPSA) is 84.2 Å². The molecule has 1 aliphatic heterocycles. The standard InChI is InChI=1S/C19H28N6O2/c1-4-20-18(26)17-9-15(22-19(27)16-7-6-8-23(16)3)13-24(17)11-14-10-21-25(5-2)12-14/h6-8,10,12,15,17H,4-5,9,11,13H2,1-3H3,(H,20,26)(H,22,27). The average Bonchev–Trinajstić information content (AvgIpc) is 3.35. The maximum Gasteiger partial charge on any atom is 0.268 e. The van der Waals surface area contributed by atoms with Crippen molar-refractivity contribution in [1.29, 1.82) is 0 Å². The zero-order valence-electron chi connectivity index (χ0n) is 16.2. The Morgan fingerprint density at radius 2 is 2.15 bits per heavy atom. The van der Waals surface area contributed by atoms with Gasteiger partial charge < -0.3 is 15.2 Å². The highest BCUT2D eigenvalue weighted by atomic mass is 16.2. The van der Waals surface area contributed by atoms with Crippen LogP contribution < -0.4 is 10.6 Å². The SMILES string of the molecule is CCNC(=O)C1CC(NC(=O)c2cccn2C)CN1Cc1cnn(CC)c1. The molecule has 2 aromatic rings. The maximum absolute atomic E-state index is 12.5. The van der Waals surface area contributed by atoms with E-state index in [1.54, 1.807) is 10.6 Å². The Hall–Kier alpha value is -2.61. The third-order valence-electron chi connectivity index (χ3n) is 4.97. The van der Waals surface area contributed by atoms with E-state index in [4.69, 9.17) is 0 Å². The van der Waals surface area contributed by atoms with E-state index in [-0.39, 0.29) is 23.9 Å². The number of nitrogens with zero attached hydrogens (tertiary/aromatic N) is 4. The lowest BCUT2D eigenvalue weighted by molar-refractivity contribution is -0.125. The first kappa shape index (κ1) is 19.2. The number of aromatic nitrogens is 3. The fourth-order valence-corrected chi connectivity index (χ4v) is 3.60. The molecule has 2 unspecified atom stereocenters. The Morgan fingerprint density at radius 1 is 1.33 bits per heavy atom. The average molecular weight is 372 g/mol. The van der Waals surface area contributed by atoms with E-state index in [0.29, 0.717) is 31.7 Å². The highest BCUT2D eigenvalue weighted by Crippen LogP contribution is 2.21. The van der Waals surface area contributed by atoms with Gasteiger partial charge in [-0.05, 0) is 32.4 Å². The number of likely N-dealkylation sites (tertiary alicyclic amines) is 1. The van der Waals surface area contributed by atoms with Crippen LogP contribution >= 0.6 is 0 Å². The van der Waals surface area contributed by atoms with Crippen LogP contribution in [0.15, 0.2) is 30.7 Å². The van der Waals surface area contributed by atoms with Gasteiger partial charge >= 0.3 is 0 Å². The van der Waals surface area contributed by atoms with Crippen LogP contribution in [0.4, 0.5) is 0 Å². The molecular weight excluding hydrogens is 344 g/mol. The van der Waals surface area contributed by atoms with Crippen molar-refractivity contribution >= 4 is 11.8 Å². The van der Waals surface area contributed by atoms with Gasteiger partial charge in [-0.2, -0.15) is 5.10 Å². The Bertz CT molecular complexity index is 796. The number of rotatable bonds is 7. The van der Waals surface area contributed by atoms with E-state index in [9.17, 15) is 9.59 Å². The first-order valence-electron chi connectivity index (χ1n) is 9.47. The summed E-state index contributed by atoms with van der Waals surface area (Å²) in [6.07, 6.45) is 6.29. The lowest BCUT2D eigenvalue weighted by atomic mass is 10.1. The normalized spacial score (nSPS) is 20.0. The minimum Gasteiger partial charge on any atom is -0.355 e. The zero-order valence-corrected chi connectivity index (χ0v) is 16.2. The van der Waals surface area contributed by atoms with Crippen LogP contribution in [-0.4, -0.2) is 56.2 Å². The second-order valence-electron chi connectivity index (χ2n) is 6.95. The molecule has 2 N–H and O–H groups in total. The third-order valence-corrected chi connectivity index (χ3v) is 4.97. The van der Waals surface area contributed by atoms with Crippen molar-refractivity contribution in [2.45, 2.75) is 45.4 Å². The van der Waals surface area contributed by atoms with Crippen LogP contribution in [-0.2, 0) is 24.9 Å². The predicted molar refractivity (Wildman–Crippen MR) is 102 cm³/mol. The molecule has 27 heavy (non-hydrogen) atoms. The molecule has 2 aromatic heterocycles. The van der Waals surface area contributed by atoms with E-state index in [2.05, 4.69) is 20.6 Å². The minimum atomic E-state index is -0.256. The van der Waals surface area contributed by atoms with Gasteiger partial charge in [0.15, 0.2) is 0 Å². The van der Waals surface area contributed by atoms with Gasteiger partial charge in [-0.25, -0.2) is 0 Å². The molecule has 8 heteroatoms. The van der Waals surface area contributed by atoms with Crippen LogP contribution in [0.5, 0.6) is 0 Å². The molecule has 2 atom stereocenters. The first-order valence-corrected chi connectivity index (χ1v) is 9.47. The molecule has 0 radical (unpaired) electrons. The highest BCUT2D eigenvalue weighted by molar-refractivity contribution is 5.93. The van der Waals surface area contributed by atoms with Gasteiger partial charge in [0, 0.05) is 57.2 Å². The van der Waals surface area contributed by atoms with Crippen LogP contribution in [0, 0.1) is 0 Å². The maximum atomic E-state index is 12.5. The molecule has 0 spiro atoms. The van der Waals surface area contributed by atoms with Crippen molar-refractivity contribution in [1.82, 2.24) is 29.9 Å². The molecule has 3 heterocycles. The fourth-order valence-electron chi connectivity index (χ4n) is 3.60. The molecule has 0 aromatic carbocycles. The van der Waals surface area contributed by atoms with Crippen molar-refractivity contribution in [3.05, 3.63) is 42.0 Å². The predicted octanol–water partition coefficient (Wildman–Crippen LogP) is 0.751. The summed E-state index contributed by atoms with van der Waals surface area (Å²) >= 11 is 0. The summed E-state index contributed by atoms with van der Waals surface area (Å²) < 4.78 is 3.67. The van der Waals surface area contributed by atoms with Crippen molar-refractivity contribution in [2.75, 3.05) is 13.1 Å². The van der Waals surface area contributed by atoms with Crippen LogP contribution in [0.1, 0.15) is 36.3 Å². The lowest BCUT2D eigenvalue weighted by Gasteiger charge is -2.22. The smallest absolute Gasteiger partial charge is 0.268 e. The Balaban J connectivity index is 1.69. The van der Waals surface area contributed by atoms with E-state index >= 15 is 0 Å². The van der Waals surface area contributed by atoms with E-state index in [1.807, 2.05) is 50.2 Å².